The van der Waals surface area contributed by atoms with Gasteiger partial charge in [-0.1, -0.05) is 0 Å². The maximum Gasteiger partial charge on any atom is 0.223 e. The average Bonchev–Trinajstić information content (AvgIpc) is 3.21. The molecule has 3 aromatic heterocycles. The minimum Gasteiger partial charge on any atom is -0.383 e. The molecule has 4 N–H and O–H groups in total. The van der Waals surface area contributed by atoms with Crippen LogP contribution in [0.15, 0.2) is 18.5 Å². The van der Waals surface area contributed by atoms with E-state index in [4.69, 9.17) is 11.5 Å². The number of nitrogen functional groups attached to an aromatic ring is 2. The lowest BCUT2D eigenvalue weighted by molar-refractivity contribution is 0.470. The van der Waals surface area contributed by atoms with E-state index in [0.717, 1.165) is 49.2 Å². The van der Waals surface area contributed by atoms with Crippen molar-refractivity contribution in [2.24, 2.45) is 7.05 Å². The van der Waals surface area contributed by atoms with Gasteiger partial charge >= 0.3 is 0 Å². The van der Waals surface area contributed by atoms with Gasteiger partial charge in [-0.25, -0.2) is 4.98 Å². The molecule has 0 spiro atoms. The van der Waals surface area contributed by atoms with E-state index in [1.807, 2.05) is 20.2 Å². The Labute approximate surface area is 157 Å². The van der Waals surface area contributed by atoms with E-state index in [1.54, 1.807) is 12.3 Å². The molecule has 1 aliphatic rings. The maximum absolute atomic E-state index is 5.79. The first kappa shape index (κ1) is 17.3. The summed E-state index contributed by atoms with van der Waals surface area (Å²) >= 11 is 0. The molecule has 1 aliphatic heterocycles. The number of aryl methyl sites for hydroxylation is 1. The standard InChI is InChI=1S/C17H24N10/c1-11-20-5-8-27(11)10-15-23-24-16(25(15)2)12-3-6-26(7-4-12)14-9-13(18)21-17(19)22-14/h5,8-9,12H,3-4,6-7,10H2,1-2H3,(H4,18,19,21,22). The molecule has 0 unspecified atom stereocenters. The van der Waals surface area contributed by atoms with Crippen LogP contribution in [0, 0.1) is 6.92 Å². The number of hydrogen-bond acceptors (Lipinski definition) is 8. The van der Waals surface area contributed by atoms with Crippen molar-refractivity contribution in [3.05, 3.63) is 35.9 Å². The number of hydrogen-bond donors (Lipinski definition) is 2. The minimum atomic E-state index is 0.208. The van der Waals surface area contributed by atoms with Crippen LogP contribution in [0.2, 0.25) is 0 Å². The van der Waals surface area contributed by atoms with Crippen LogP contribution in [0.4, 0.5) is 17.6 Å². The van der Waals surface area contributed by atoms with Gasteiger partial charge in [-0.2, -0.15) is 9.97 Å². The van der Waals surface area contributed by atoms with Crippen molar-refractivity contribution in [1.82, 2.24) is 34.3 Å². The van der Waals surface area contributed by atoms with Gasteiger partial charge in [-0.15, -0.1) is 10.2 Å². The van der Waals surface area contributed by atoms with Crippen molar-refractivity contribution < 1.29 is 0 Å². The number of piperidine rings is 1. The highest BCUT2D eigenvalue weighted by Gasteiger charge is 2.26. The molecule has 0 radical (unpaired) electrons. The third kappa shape index (κ3) is 3.42. The van der Waals surface area contributed by atoms with E-state index in [2.05, 4.69) is 39.2 Å². The fraction of sp³-hybridized carbons (Fsp3) is 0.471. The molecule has 0 atom stereocenters. The smallest absolute Gasteiger partial charge is 0.223 e. The lowest BCUT2D eigenvalue weighted by Gasteiger charge is -2.32. The molecule has 10 heteroatoms. The summed E-state index contributed by atoms with van der Waals surface area (Å²) in [5, 5.41) is 8.88. The molecule has 0 amide bonds. The van der Waals surface area contributed by atoms with Crippen LogP contribution in [0.25, 0.3) is 0 Å². The van der Waals surface area contributed by atoms with Crippen molar-refractivity contribution in [2.75, 3.05) is 29.5 Å². The fourth-order valence-electron chi connectivity index (χ4n) is 3.59. The van der Waals surface area contributed by atoms with E-state index in [-0.39, 0.29) is 5.95 Å². The Bertz CT molecular complexity index is 915. The Morgan fingerprint density at radius 2 is 1.93 bits per heavy atom. The molecular formula is C17H24N10. The molecule has 4 heterocycles. The van der Waals surface area contributed by atoms with Gasteiger partial charge in [0.2, 0.25) is 5.95 Å². The number of nitrogens with two attached hydrogens (primary N) is 2. The van der Waals surface area contributed by atoms with Gasteiger partial charge < -0.3 is 25.5 Å². The molecule has 142 valence electrons. The van der Waals surface area contributed by atoms with Crippen molar-refractivity contribution in [3.63, 3.8) is 0 Å². The monoisotopic (exact) mass is 368 g/mol. The van der Waals surface area contributed by atoms with Crippen LogP contribution in [0.5, 0.6) is 0 Å². The van der Waals surface area contributed by atoms with Crippen molar-refractivity contribution in [1.29, 1.82) is 0 Å². The van der Waals surface area contributed by atoms with Crippen LogP contribution in [0.3, 0.4) is 0 Å². The maximum atomic E-state index is 5.79. The predicted octanol–water partition coefficient (Wildman–Crippen LogP) is 0.707. The lowest BCUT2D eigenvalue weighted by Crippen LogP contribution is -2.34. The molecule has 27 heavy (non-hydrogen) atoms. The molecule has 10 nitrogen and oxygen atoms in total. The van der Waals surface area contributed by atoms with Gasteiger partial charge in [0.1, 0.15) is 23.3 Å². The molecule has 4 rings (SSSR count). The summed E-state index contributed by atoms with van der Waals surface area (Å²) in [6, 6.07) is 1.77. The highest BCUT2D eigenvalue weighted by atomic mass is 15.3. The molecule has 0 bridgehead atoms. The van der Waals surface area contributed by atoms with E-state index >= 15 is 0 Å². The normalized spacial score (nSPS) is 15.4. The summed E-state index contributed by atoms with van der Waals surface area (Å²) in [6.45, 7) is 4.39. The summed E-state index contributed by atoms with van der Waals surface area (Å²) in [7, 11) is 2.04. The molecule has 1 saturated heterocycles. The van der Waals surface area contributed by atoms with E-state index in [0.29, 0.717) is 18.3 Å². The van der Waals surface area contributed by atoms with Crippen LogP contribution in [-0.4, -0.2) is 47.4 Å². The number of imidazole rings is 1. The first-order valence-electron chi connectivity index (χ1n) is 9.02. The summed E-state index contributed by atoms with van der Waals surface area (Å²) in [6.07, 6.45) is 5.70. The Morgan fingerprint density at radius 1 is 1.15 bits per heavy atom. The van der Waals surface area contributed by atoms with Gasteiger partial charge in [-0.05, 0) is 19.8 Å². The molecule has 0 saturated carbocycles. The predicted molar refractivity (Wildman–Crippen MR) is 102 cm³/mol. The second-order valence-electron chi connectivity index (χ2n) is 6.91. The third-order valence-electron chi connectivity index (χ3n) is 5.17. The van der Waals surface area contributed by atoms with Gasteiger partial charge in [0.05, 0.1) is 6.54 Å². The van der Waals surface area contributed by atoms with E-state index < -0.39 is 0 Å². The molecule has 0 aliphatic carbocycles. The zero-order chi connectivity index (χ0) is 19.0. The van der Waals surface area contributed by atoms with Crippen molar-refractivity contribution in [3.8, 4) is 0 Å². The van der Waals surface area contributed by atoms with Crippen molar-refractivity contribution in [2.45, 2.75) is 32.2 Å². The van der Waals surface area contributed by atoms with E-state index in [1.165, 1.54) is 0 Å². The summed E-state index contributed by atoms with van der Waals surface area (Å²) in [4.78, 5) is 14.7. The molecule has 1 fully saturated rings. The second kappa shape index (κ2) is 6.86. The van der Waals surface area contributed by atoms with Crippen LogP contribution in [-0.2, 0) is 13.6 Å². The van der Waals surface area contributed by atoms with Crippen LogP contribution >= 0.6 is 0 Å². The first-order chi connectivity index (χ1) is 13.0. The van der Waals surface area contributed by atoms with Crippen LogP contribution < -0.4 is 16.4 Å². The van der Waals surface area contributed by atoms with Gasteiger partial charge in [0, 0.05) is 44.5 Å². The summed E-state index contributed by atoms with van der Waals surface area (Å²) in [5.41, 5.74) is 11.5. The quantitative estimate of drug-likeness (QED) is 0.688. The Hall–Kier alpha value is -3.17. The first-order valence-corrected chi connectivity index (χ1v) is 9.02. The number of rotatable bonds is 4. The zero-order valence-corrected chi connectivity index (χ0v) is 15.6. The lowest BCUT2D eigenvalue weighted by atomic mass is 9.96. The third-order valence-corrected chi connectivity index (χ3v) is 5.17. The van der Waals surface area contributed by atoms with Crippen LogP contribution in [0.1, 0.15) is 36.2 Å². The fourth-order valence-corrected chi connectivity index (χ4v) is 3.59. The number of nitrogens with zero attached hydrogens (tertiary/aromatic N) is 8. The molecular weight excluding hydrogens is 344 g/mol. The highest BCUT2D eigenvalue weighted by Crippen LogP contribution is 2.29. The minimum absolute atomic E-state index is 0.208. The molecule has 0 aromatic carbocycles. The Morgan fingerprint density at radius 3 is 2.59 bits per heavy atom. The summed E-state index contributed by atoms with van der Waals surface area (Å²) < 4.78 is 4.18. The highest BCUT2D eigenvalue weighted by molar-refractivity contribution is 5.50. The Kier molecular flexibility index (Phi) is 4.38. The zero-order valence-electron chi connectivity index (χ0n) is 15.6. The van der Waals surface area contributed by atoms with E-state index in [9.17, 15) is 0 Å². The average molecular weight is 368 g/mol. The van der Waals surface area contributed by atoms with Crippen molar-refractivity contribution >= 4 is 17.6 Å². The van der Waals surface area contributed by atoms with Gasteiger partial charge in [0.15, 0.2) is 5.82 Å². The van der Waals surface area contributed by atoms with Gasteiger partial charge in [0.25, 0.3) is 0 Å². The SMILES string of the molecule is Cc1nccn1Cc1nnc(C2CCN(c3cc(N)nc(N)n3)CC2)n1C. The van der Waals surface area contributed by atoms with Gasteiger partial charge in [-0.3, -0.25) is 0 Å². The number of aromatic nitrogens is 7. The second-order valence-corrected chi connectivity index (χ2v) is 6.91. The molecule has 3 aromatic rings. The largest absolute Gasteiger partial charge is 0.383 e. The Balaban J connectivity index is 1.45. The summed E-state index contributed by atoms with van der Waals surface area (Å²) in [5.74, 6) is 4.69. The number of anilines is 3. The topological polar surface area (TPSA) is 130 Å².